The molecule has 0 amide bonds. The molecule has 130 valence electrons. The van der Waals surface area contributed by atoms with E-state index < -0.39 is 0 Å². The Kier molecular flexibility index (Phi) is 8.18. The summed E-state index contributed by atoms with van der Waals surface area (Å²) in [5.74, 6) is 0. The van der Waals surface area contributed by atoms with Crippen LogP contribution in [0.15, 0.2) is 22.7 Å². The van der Waals surface area contributed by atoms with Crippen LogP contribution < -0.4 is 0 Å². The van der Waals surface area contributed by atoms with Gasteiger partial charge in [0.05, 0.1) is 15.0 Å². The summed E-state index contributed by atoms with van der Waals surface area (Å²) in [4.78, 5) is 0. The minimum absolute atomic E-state index is 0.649. The van der Waals surface area contributed by atoms with E-state index in [1.165, 1.54) is 32.1 Å². The normalized spacial score (nSPS) is 12.5. The number of hydrogen-bond acceptors (Lipinski definition) is 2. The van der Waals surface area contributed by atoms with Crippen molar-refractivity contribution in [3.63, 3.8) is 0 Å². The number of allylic oxidation sites excluding steroid dienone is 1. The standard InChI is InChI=1S/C19H23Br2ClN2/c1-3-4-5-6-7-8-9-15(20)17(21)19-18(22)14-12-13(2)10-11-16(14)23-24-19/h10-12H,3-9H2,1-2H3/b17-15+. The number of rotatable bonds is 8. The molecule has 5 heteroatoms. The molecule has 0 aliphatic carbocycles. The topological polar surface area (TPSA) is 25.8 Å². The van der Waals surface area contributed by atoms with E-state index in [4.69, 9.17) is 11.6 Å². The average Bonchev–Trinajstić information content (AvgIpc) is 2.58. The summed E-state index contributed by atoms with van der Waals surface area (Å²) in [5.41, 5.74) is 2.68. The van der Waals surface area contributed by atoms with Crippen LogP contribution in [0.2, 0.25) is 5.02 Å². The highest BCUT2D eigenvalue weighted by atomic mass is 79.9. The fourth-order valence-electron chi connectivity index (χ4n) is 2.63. The second-order valence-corrected chi connectivity index (χ2v) is 8.25. The smallest absolute Gasteiger partial charge is 0.120 e. The minimum Gasteiger partial charge on any atom is -0.150 e. The quantitative estimate of drug-likeness (QED) is 0.365. The molecule has 0 radical (unpaired) electrons. The Morgan fingerprint density at radius 3 is 2.50 bits per heavy atom. The molecule has 1 aromatic heterocycles. The predicted octanol–water partition coefficient (Wildman–Crippen LogP) is 7.80. The van der Waals surface area contributed by atoms with E-state index in [-0.39, 0.29) is 0 Å². The zero-order valence-electron chi connectivity index (χ0n) is 14.2. The van der Waals surface area contributed by atoms with Crippen LogP contribution in [0.25, 0.3) is 15.4 Å². The van der Waals surface area contributed by atoms with E-state index in [0.717, 1.165) is 38.3 Å². The van der Waals surface area contributed by atoms with Crippen molar-refractivity contribution in [2.45, 2.75) is 58.8 Å². The molecule has 24 heavy (non-hydrogen) atoms. The lowest BCUT2D eigenvalue weighted by Crippen LogP contribution is -1.94. The molecule has 0 saturated heterocycles. The first-order chi connectivity index (χ1) is 11.5. The zero-order valence-corrected chi connectivity index (χ0v) is 18.1. The Morgan fingerprint density at radius 2 is 1.75 bits per heavy atom. The minimum atomic E-state index is 0.649. The summed E-state index contributed by atoms with van der Waals surface area (Å²) in [6.07, 6.45) is 8.66. The lowest BCUT2D eigenvalue weighted by molar-refractivity contribution is 0.610. The highest BCUT2D eigenvalue weighted by Gasteiger charge is 2.14. The summed E-state index contributed by atoms with van der Waals surface area (Å²) >= 11 is 13.9. The summed E-state index contributed by atoms with van der Waals surface area (Å²) in [7, 11) is 0. The molecule has 1 heterocycles. The van der Waals surface area contributed by atoms with E-state index in [9.17, 15) is 0 Å². The summed E-state index contributed by atoms with van der Waals surface area (Å²) in [6, 6.07) is 6.03. The lowest BCUT2D eigenvalue weighted by Gasteiger charge is -2.08. The van der Waals surface area contributed by atoms with Gasteiger partial charge in [-0.05, 0) is 47.8 Å². The number of benzene rings is 1. The molecule has 0 aliphatic heterocycles. The van der Waals surface area contributed by atoms with Gasteiger partial charge >= 0.3 is 0 Å². The van der Waals surface area contributed by atoms with Crippen molar-refractivity contribution in [1.82, 2.24) is 10.2 Å². The van der Waals surface area contributed by atoms with Crippen LogP contribution in [0.4, 0.5) is 0 Å². The van der Waals surface area contributed by atoms with Crippen LogP contribution in [0, 0.1) is 6.92 Å². The fourth-order valence-corrected chi connectivity index (χ4v) is 3.97. The van der Waals surface area contributed by atoms with Crippen LogP contribution in [0.5, 0.6) is 0 Å². The zero-order chi connectivity index (χ0) is 17.5. The van der Waals surface area contributed by atoms with Crippen molar-refractivity contribution in [3.8, 4) is 0 Å². The highest BCUT2D eigenvalue weighted by molar-refractivity contribution is 9.16. The van der Waals surface area contributed by atoms with Crippen molar-refractivity contribution < 1.29 is 0 Å². The maximum atomic E-state index is 6.58. The summed E-state index contributed by atoms with van der Waals surface area (Å²) in [6.45, 7) is 4.29. The van der Waals surface area contributed by atoms with Gasteiger partial charge < -0.3 is 0 Å². The molecule has 0 spiro atoms. The third kappa shape index (κ3) is 5.27. The molecule has 0 atom stereocenters. The van der Waals surface area contributed by atoms with E-state index in [1.54, 1.807) is 0 Å². The van der Waals surface area contributed by atoms with Crippen LogP contribution in [-0.4, -0.2) is 10.2 Å². The molecule has 2 rings (SSSR count). The number of aryl methyl sites for hydroxylation is 1. The maximum Gasteiger partial charge on any atom is 0.120 e. The Morgan fingerprint density at radius 1 is 1.04 bits per heavy atom. The van der Waals surface area contributed by atoms with Crippen molar-refractivity contribution >= 4 is 58.8 Å². The average molecular weight is 475 g/mol. The van der Waals surface area contributed by atoms with Gasteiger partial charge in [-0.3, -0.25) is 0 Å². The summed E-state index contributed by atoms with van der Waals surface area (Å²) in [5, 5.41) is 10.2. The van der Waals surface area contributed by atoms with Gasteiger partial charge in [-0.25, -0.2) is 0 Å². The maximum absolute atomic E-state index is 6.58. The Labute approximate surface area is 166 Å². The fraction of sp³-hybridized carbons (Fsp3) is 0.474. The first-order valence-electron chi connectivity index (χ1n) is 8.51. The second kappa shape index (κ2) is 9.88. The molecule has 0 fully saturated rings. The van der Waals surface area contributed by atoms with Crippen LogP contribution in [0.1, 0.15) is 63.1 Å². The first kappa shape index (κ1) is 19.9. The van der Waals surface area contributed by atoms with E-state index in [1.807, 2.05) is 12.1 Å². The van der Waals surface area contributed by atoms with Crippen molar-refractivity contribution in [1.29, 1.82) is 0 Å². The largest absolute Gasteiger partial charge is 0.150 e. The number of nitrogens with zero attached hydrogens (tertiary/aromatic N) is 2. The number of hydrogen-bond donors (Lipinski definition) is 0. The molecular weight excluding hydrogens is 451 g/mol. The van der Waals surface area contributed by atoms with Crippen molar-refractivity contribution in [2.75, 3.05) is 0 Å². The van der Waals surface area contributed by atoms with Gasteiger partial charge in [0.2, 0.25) is 0 Å². The van der Waals surface area contributed by atoms with Crippen LogP contribution in [0.3, 0.4) is 0 Å². The second-order valence-electron chi connectivity index (χ2n) is 6.12. The molecule has 0 bridgehead atoms. The first-order valence-corrected chi connectivity index (χ1v) is 10.5. The lowest BCUT2D eigenvalue weighted by atomic mass is 10.1. The molecule has 0 aliphatic rings. The Hall–Kier alpha value is -0.450. The number of halogens is 3. The van der Waals surface area contributed by atoms with E-state index in [0.29, 0.717) is 10.7 Å². The third-order valence-corrected chi connectivity index (χ3v) is 6.61. The van der Waals surface area contributed by atoms with Crippen LogP contribution in [-0.2, 0) is 0 Å². The number of fused-ring (bicyclic) bond motifs is 1. The van der Waals surface area contributed by atoms with Crippen molar-refractivity contribution in [3.05, 3.63) is 39.0 Å². The van der Waals surface area contributed by atoms with Gasteiger partial charge in [0.25, 0.3) is 0 Å². The van der Waals surface area contributed by atoms with E-state index >= 15 is 0 Å². The molecular formula is C19H23Br2ClN2. The molecule has 1 aromatic carbocycles. The van der Waals surface area contributed by atoms with Gasteiger partial charge in [0.15, 0.2) is 0 Å². The summed E-state index contributed by atoms with van der Waals surface area (Å²) < 4.78 is 2.00. The monoisotopic (exact) mass is 472 g/mol. The highest BCUT2D eigenvalue weighted by Crippen LogP contribution is 2.36. The SMILES string of the molecule is CCCCCCCC/C(Br)=C(\Br)c1nnc2ccc(C)cc2c1Cl. The van der Waals surface area contributed by atoms with Gasteiger partial charge in [-0.1, -0.05) is 78.2 Å². The van der Waals surface area contributed by atoms with Gasteiger partial charge in [-0.15, -0.1) is 10.2 Å². The molecule has 0 saturated carbocycles. The van der Waals surface area contributed by atoms with Gasteiger partial charge in [0, 0.05) is 9.87 Å². The van der Waals surface area contributed by atoms with Crippen molar-refractivity contribution in [2.24, 2.45) is 0 Å². The molecule has 0 unspecified atom stereocenters. The van der Waals surface area contributed by atoms with Crippen LogP contribution >= 0.6 is 43.5 Å². The number of aromatic nitrogens is 2. The third-order valence-electron chi connectivity index (χ3n) is 4.05. The predicted molar refractivity (Wildman–Crippen MR) is 112 cm³/mol. The van der Waals surface area contributed by atoms with Gasteiger partial charge in [-0.2, -0.15) is 0 Å². The molecule has 0 N–H and O–H groups in total. The van der Waals surface area contributed by atoms with Gasteiger partial charge in [0.1, 0.15) is 5.69 Å². The molecule has 2 nitrogen and oxygen atoms in total. The Balaban J connectivity index is 2.11. The number of unbranched alkanes of at least 4 members (excludes halogenated alkanes) is 5. The Bertz CT molecular complexity index is 729. The molecule has 2 aromatic rings. The van der Waals surface area contributed by atoms with E-state index in [2.05, 4.69) is 62.0 Å².